The fourth-order valence-corrected chi connectivity index (χ4v) is 2.57. The standard InChI is InChI=1S/C14H15FN2O2S/c1-3-11(14-16-6-7-20-14)17-13(18)9-4-5-12(19-2)10(15)8-9/h4-8,11H,3H2,1-2H3,(H,17,18)/t11-/m1/s1. The van der Waals surface area contributed by atoms with Gasteiger partial charge in [0.1, 0.15) is 5.01 Å². The number of thiazole rings is 1. The molecule has 0 saturated carbocycles. The molecule has 0 aliphatic rings. The molecular formula is C14H15FN2O2S. The van der Waals surface area contributed by atoms with E-state index in [2.05, 4.69) is 10.3 Å². The molecule has 1 amide bonds. The molecule has 0 fully saturated rings. The largest absolute Gasteiger partial charge is 0.494 e. The average molecular weight is 294 g/mol. The third kappa shape index (κ3) is 3.14. The summed E-state index contributed by atoms with van der Waals surface area (Å²) in [6.45, 7) is 1.96. The molecular weight excluding hydrogens is 279 g/mol. The molecule has 1 N–H and O–H groups in total. The van der Waals surface area contributed by atoms with Gasteiger partial charge in [-0.2, -0.15) is 0 Å². The zero-order chi connectivity index (χ0) is 14.5. The van der Waals surface area contributed by atoms with Crippen LogP contribution >= 0.6 is 11.3 Å². The highest BCUT2D eigenvalue weighted by Gasteiger charge is 2.17. The van der Waals surface area contributed by atoms with E-state index in [-0.39, 0.29) is 23.3 Å². The molecule has 1 aromatic carbocycles. The molecule has 0 saturated heterocycles. The number of carbonyl (C=O) groups is 1. The normalized spacial score (nSPS) is 11.9. The second-order valence-corrected chi connectivity index (χ2v) is 5.08. The Bertz CT molecular complexity index is 587. The minimum Gasteiger partial charge on any atom is -0.494 e. The molecule has 0 bridgehead atoms. The first-order valence-corrected chi connectivity index (χ1v) is 7.07. The van der Waals surface area contributed by atoms with Crippen LogP contribution in [0.2, 0.25) is 0 Å². The van der Waals surface area contributed by atoms with E-state index < -0.39 is 5.82 Å². The van der Waals surface area contributed by atoms with Crippen LogP contribution in [0.3, 0.4) is 0 Å². The van der Waals surface area contributed by atoms with Crippen LogP contribution in [0.1, 0.15) is 34.8 Å². The van der Waals surface area contributed by atoms with Crippen molar-refractivity contribution in [2.24, 2.45) is 0 Å². The number of ether oxygens (including phenoxy) is 1. The van der Waals surface area contributed by atoms with Crippen LogP contribution in [0, 0.1) is 5.82 Å². The summed E-state index contributed by atoms with van der Waals surface area (Å²) in [6, 6.07) is 3.98. The first kappa shape index (κ1) is 14.5. The summed E-state index contributed by atoms with van der Waals surface area (Å²) in [6.07, 6.45) is 2.42. The minimum atomic E-state index is -0.553. The summed E-state index contributed by atoms with van der Waals surface area (Å²) in [7, 11) is 1.38. The van der Waals surface area contributed by atoms with Gasteiger partial charge in [0, 0.05) is 17.1 Å². The topological polar surface area (TPSA) is 51.2 Å². The number of halogens is 1. The lowest BCUT2D eigenvalue weighted by Crippen LogP contribution is -2.28. The maximum atomic E-state index is 13.6. The molecule has 0 aliphatic carbocycles. The second-order valence-electron chi connectivity index (χ2n) is 4.15. The molecule has 106 valence electrons. The molecule has 20 heavy (non-hydrogen) atoms. The van der Waals surface area contributed by atoms with Crippen molar-refractivity contribution in [3.05, 3.63) is 46.2 Å². The number of aromatic nitrogens is 1. The van der Waals surface area contributed by atoms with Gasteiger partial charge in [-0.25, -0.2) is 9.37 Å². The summed E-state index contributed by atoms with van der Waals surface area (Å²) < 4.78 is 18.4. The van der Waals surface area contributed by atoms with Crippen molar-refractivity contribution in [1.29, 1.82) is 0 Å². The summed E-state index contributed by atoms with van der Waals surface area (Å²) >= 11 is 1.48. The first-order valence-electron chi connectivity index (χ1n) is 6.19. The first-order chi connectivity index (χ1) is 9.65. The fraction of sp³-hybridized carbons (Fsp3) is 0.286. The van der Waals surface area contributed by atoms with Gasteiger partial charge in [-0.05, 0) is 24.6 Å². The minimum absolute atomic E-state index is 0.119. The molecule has 6 heteroatoms. The Morgan fingerprint density at radius 1 is 1.55 bits per heavy atom. The van der Waals surface area contributed by atoms with Crippen molar-refractivity contribution in [2.75, 3.05) is 7.11 Å². The van der Waals surface area contributed by atoms with E-state index in [0.717, 1.165) is 11.4 Å². The quantitative estimate of drug-likeness (QED) is 0.921. The predicted molar refractivity (Wildman–Crippen MR) is 75.6 cm³/mol. The summed E-state index contributed by atoms with van der Waals surface area (Å²) in [4.78, 5) is 16.3. The number of amides is 1. The van der Waals surface area contributed by atoms with Gasteiger partial charge in [0.25, 0.3) is 5.91 Å². The van der Waals surface area contributed by atoms with Crippen LogP contribution < -0.4 is 10.1 Å². The van der Waals surface area contributed by atoms with E-state index in [1.165, 1.54) is 36.6 Å². The van der Waals surface area contributed by atoms with E-state index in [1.807, 2.05) is 12.3 Å². The number of rotatable bonds is 5. The molecule has 2 rings (SSSR count). The smallest absolute Gasteiger partial charge is 0.251 e. The molecule has 4 nitrogen and oxygen atoms in total. The SMILES string of the molecule is CC[C@@H](NC(=O)c1ccc(OC)c(F)c1)c1nccs1. The van der Waals surface area contributed by atoms with Crippen molar-refractivity contribution in [3.8, 4) is 5.75 Å². The lowest BCUT2D eigenvalue weighted by atomic mass is 10.1. The molecule has 1 aromatic heterocycles. The van der Waals surface area contributed by atoms with Crippen molar-refractivity contribution in [1.82, 2.24) is 10.3 Å². The molecule has 0 radical (unpaired) electrons. The number of benzene rings is 1. The Morgan fingerprint density at radius 2 is 2.35 bits per heavy atom. The van der Waals surface area contributed by atoms with Gasteiger partial charge in [0.2, 0.25) is 0 Å². The Morgan fingerprint density at radius 3 is 2.90 bits per heavy atom. The molecule has 1 heterocycles. The zero-order valence-corrected chi connectivity index (χ0v) is 12.0. The highest BCUT2D eigenvalue weighted by Crippen LogP contribution is 2.21. The van der Waals surface area contributed by atoms with Crippen LogP contribution in [0.25, 0.3) is 0 Å². The maximum absolute atomic E-state index is 13.6. The number of methoxy groups -OCH3 is 1. The van der Waals surface area contributed by atoms with Crippen molar-refractivity contribution in [2.45, 2.75) is 19.4 Å². The van der Waals surface area contributed by atoms with E-state index in [4.69, 9.17) is 4.74 Å². The molecule has 1 atom stereocenters. The van der Waals surface area contributed by atoms with Crippen molar-refractivity contribution < 1.29 is 13.9 Å². The Hall–Kier alpha value is -1.95. The van der Waals surface area contributed by atoms with Crippen LogP contribution in [0.15, 0.2) is 29.8 Å². The van der Waals surface area contributed by atoms with Crippen molar-refractivity contribution in [3.63, 3.8) is 0 Å². The van der Waals surface area contributed by atoms with Crippen LogP contribution in [0.4, 0.5) is 4.39 Å². The highest BCUT2D eigenvalue weighted by molar-refractivity contribution is 7.09. The molecule has 0 spiro atoms. The number of carbonyl (C=O) groups excluding carboxylic acids is 1. The average Bonchev–Trinajstić information content (AvgIpc) is 2.98. The fourth-order valence-electron chi connectivity index (χ4n) is 1.79. The second kappa shape index (κ2) is 6.47. The van der Waals surface area contributed by atoms with E-state index in [0.29, 0.717) is 0 Å². The maximum Gasteiger partial charge on any atom is 0.251 e. The predicted octanol–water partition coefficient (Wildman–Crippen LogP) is 3.17. The van der Waals surface area contributed by atoms with Gasteiger partial charge in [-0.3, -0.25) is 4.79 Å². The van der Waals surface area contributed by atoms with Gasteiger partial charge in [-0.15, -0.1) is 11.3 Å². The Balaban J connectivity index is 2.13. The Kier molecular flexibility index (Phi) is 4.68. The lowest BCUT2D eigenvalue weighted by molar-refractivity contribution is 0.0935. The van der Waals surface area contributed by atoms with Gasteiger partial charge < -0.3 is 10.1 Å². The van der Waals surface area contributed by atoms with E-state index in [9.17, 15) is 9.18 Å². The summed E-state index contributed by atoms with van der Waals surface area (Å²) in [5.41, 5.74) is 0.262. The van der Waals surface area contributed by atoms with E-state index >= 15 is 0 Å². The summed E-state index contributed by atoms with van der Waals surface area (Å²) in [5, 5.41) is 5.55. The number of hydrogen-bond acceptors (Lipinski definition) is 4. The third-order valence-electron chi connectivity index (χ3n) is 2.88. The van der Waals surface area contributed by atoms with Gasteiger partial charge in [0.05, 0.1) is 13.2 Å². The molecule has 0 aliphatic heterocycles. The van der Waals surface area contributed by atoms with Crippen LogP contribution in [-0.4, -0.2) is 18.0 Å². The third-order valence-corrected chi connectivity index (χ3v) is 3.77. The van der Waals surface area contributed by atoms with Crippen LogP contribution in [-0.2, 0) is 0 Å². The van der Waals surface area contributed by atoms with E-state index in [1.54, 1.807) is 6.20 Å². The van der Waals surface area contributed by atoms with Gasteiger partial charge in [0.15, 0.2) is 11.6 Å². The summed E-state index contributed by atoms with van der Waals surface area (Å²) in [5.74, 6) is -0.760. The number of hydrogen-bond donors (Lipinski definition) is 1. The lowest BCUT2D eigenvalue weighted by Gasteiger charge is -2.14. The monoisotopic (exact) mass is 294 g/mol. The molecule has 0 unspecified atom stereocenters. The number of nitrogens with one attached hydrogen (secondary N) is 1. The Labute approximate surface area is 120 Å². The van der Waals surface area contributed by atoms with Crippen molar-refractivity contribution >= 4 is 17.2 Å². The van der Waals surface area contributed by atoms with Crippen LogP contribution in [0.5, 0.6) is 5.75 Å². The van der Waals surface area contributed by atoms with Gasteiger partial charge >= 0.3 is 0 Å². The zero-order valence-electron chi connectivity index (χ0n) is 11.2. The highest BCUT2D eigenvalue weighted by atomic mass is 32.1. The molecule has 2 aromatic rings. The number of nitrogens with zero attached hydrogens (tertiary/aromatic N) is 1. The van der Waals surface area contributed by atoms with Gasteiger partial charge in [-0.1, -0.05) is 6.92 Å².